The van der Waals surface area contributed by atoms with Crippen LogP contribution in [-0.4, -0.2) is 18.6 Å². The molecule has 4 saturated carbocycles. The maximum atomic E-state index is 2.90. The molecule has 1 aromatic carbocycles. The second-order valence-electron chi connectivity index (χ2n) is 16.2. The molecule has 1 heterocycles. The van der Waals surface area contributed by atoms with Crippen LogP contribution in [0.5, 0.6) is 0 Å². The molecule has 0 spiro atoms. The van der Waals surface area contributed by atoms with Gasteiger partial charge in [-0.1, -0.05) is 105 Å². The molecule has 206 valence electrons. The molecule has 0 radical (unpaired) electrons. The van der Waals surface area contributed by atoms with Gasteiger partial charge in [0.2, 0.25) is 0 Å². The summed E-state index contributed by atoms with van der Waals surface area (Å²) in [6, 6.07) is 9.95. The predicted octanol–water partition coefficient (Wildman–Crippen LogP) is 10.5. The number of fused-ring (bicyclic) bond motifs is 4. The third-order valence-corrected chi connectivity index (χ3v) is 20.5. The van der Waals surface area contributed by atoms with Crippen molar-refractivity contribution in [2.75, 3.05) is 0 Å². The number of hydrogen-bond donors (Lipinski definition) is 0. The van der Waals surface area contributed by atoms with Gasteiger partial charge in [0.15, 0.2) is 0 Å². The van der Waals surface area contributed by atoms with E-state index in [0.29, 0.717) is 0 Å². The van der Waals surface area contributed by atoms with Crippen LogP contribution < -0.4 is 0 Å². The summed E-state index contributed by atoms with van der Waals surface area (Å²) in [5, 5.41) is 2.00. The first kappa shape index (κ1) is 27.0. The predicted molar refractivity (Wildman–Crippen MR) is 166 cm³/mol. The molecule has 5 aliphatic rings. The summed E-state index contributed by atoms with van der Waals surface area (Å²) in [4.78, 5) is 0. The maximum Gasteiger partial charge on any atom is 0.0555 e. The Hall–Kier alpha value is -0.213. The fourth-order valence-electron chi connectivity index (χ4n) is 11.6. The molecule has 1 aliphatic heterocycles. The van der Waals surface area contributed by atoms with Gasteiger partial charge in [-0.2, -0.15) is 11.8 Å². The largest absolute Gasteiger partial charge is 0.155 e. The first-order valence-corrected chi connectivity index (χ1v) is 20.4. The van der Waals surface area contributed by atoms with E-state index in [1.807, 2.05) is 0 Å². The highest BCUT2D eigenvalue weighted by Gasteiger charge is 2.63. The molecule has 5 fully saturated rings. The topological polar surface area (TPSA) is 0 Å². The Balaban J connectivity index is 1.27. The van der Waals surface area contributed by atoms with E-state index in [1.165, 1.54) is 50.5 Å². The van der Waals surface area contributed by atoms with E-state index in [0.717, 1.165) is 68.9 Å². The van der Waals surface area contributed by atoms with E-state index in [1.54, 1.807) is 12.0 Å². The number of thioether (sulfide) groups is 1. The molecule has 1 aromatic rings. The SMILES string of the molecule is CC1CC2C(c3ccc(C(C)(C)C)cc3)CCCC2C1[Si](C)(C)C1C(C)C(C)C2C3CCCCC3SC21. The van der Waals surface area contributed by atoms with Crippen LogP contribution in [0.2, 0.25) is 24.2 Å². The summed E-state index contributed by atoms with van der Waals surface area (Å²) in [6.07, 6.45) is 12.0. The number of benzene rings is 1. The molecule has 0 N–H and O–H groups in total. The lowest BCUT2D eigenvalue weighted by Gasteiger charge is -2.47. The molecular weight excluding hydrogens is 481 g/mol. The van der Waals surface area contributed by atoms with Gasteiger partial charge in [-0.15, -0.1) is 0 Å². The highest BCUT2D eigenvalue weighted by molar-refractivity contribution is 8.01. The van der Waals surface area contributed by atoms with Crippen molar-refractivity contribution in [3.05, 3.63) is 35.4 Å². The Labute approximate surface area is 234 Å². The molecule has 4 aliphatic carbocycles. The lowest BCUT2D eigenvalue weighted by atomic mass is 9.70. The molecule has 0 aromatic heterocycles. The van der Waals surface area contributed by atoms with Crippen LogP contribution in [0.15, 0.2) is 24.3 Å². The third kappa shape index (κ3) is 4.36. The fourth-order valence-corrected chi connectivity index (χ4v) is 21.5. The van der Waals surface area contributed by atoms with Crippen LogP contribution in [-0.2, 0) is 5.41 Å². The summed E-state index contributed by atoms with van der Waals surface area (Å²) in [5.74, 6) is 7.66. The Morgan fingerprint density at radius 3 is 2.14 bits per heavy atom. The van der Waals surface area contributed by atoms with Gasteiger partial charge in [0.05, 0.1) is 8.07 Å². The maximum absolute atomic E-state index is 2.90. The quantitative estimate of drug-likeness (QED) is 0.346. The summed E-state index contributed by atoms with van der Waals surface area (Å²) in [5.41, 5.74) is 5.48. The minimum atomic E-state index is -1.45. The zero-order valence-electron chi connectivity index (χ0n) is 25.3. The van der Waals surface area contributed by atoms with E-state index in [-0.39, 0.29) is 5.41 Å². The van der Waals surface area contributed by atoms with Crippen molar-refractivity contribution in [1.29, 1.82) is 0 Å². The summed E-state index contributed by atoms with van der Waals surface area (Å²) >= 11 is 2.53. The zero-order valence-corrected chi connectivity index (χ0v) is 27.1. The molecule has 0 bridgehead atoms. The summed E-state index contributed by atoms with van der Waals surface area (Å²) in [7, 11) is -1.45. The third-order valence-electron chi connectivity index (χ3n) is 13.1. The lowest BCUT2D eigenvalue weighted by Crippen LogP contribution is -2.47. The smallest absolute Gasteiger partial charge is 0.0555 e. The van der Waals surface area contributed by atoms with Crippen LogP contribution in [0.25, 0.3) is 0 Å². The van der Waals surface area contributed by atoms with Gasteiger partial charge in [0.25, 0.3) is 0 Å². The second-order valence-corrected chi connectivity index (χ2v) is 22.6. The van der Waals surface area contributed by atoms with Crippen molar-refractivity contribution in [3.63, 3.8) is 0 Å². The molecule has 12 unspecified atom stereocenters. The molecule has 0 amide bonds. The van der Waals surface area contributed by atoms with Gasteiger partial charge >= 0.3 is 0 Å². The number of rotatable bonds is 3. The standard InChI is InChI=1S/C35H56SSi/c1-21-20-29-26(24-16-18-25(19-17-24)35(4,5)6)13-11-14-27(29)33(21)37(7,8)34-23(3)22(2)31-28-12-9-10-15-30(28)36-32(31)34/h16-19,21-23,26-34H,9-15,20H2,1-8H3. The van der Waals surface area contributed by atoms with Crippen molar-refractivity contribution in [2.45, 2.75) is 139 Å². The first-order chi connectivity index (χ1) is 17.5. The van der Waals surface area contributed by atoms with Crippen molar-refractivity contribution < 1.29 is 0 Å². The summed E-state index contributed by atoms with van der Waals surface area (Å²) < 4.78 is 0. The van der Waals surface area contributed by atoms with Gasteiger partial charge in [-0.3, -0.25) is 0 Å². The van der Waals surface area contributed by atoms with Gasteiger partial charge < -0.3 is 0 Å². The molecule has 6 rings (SSSR count). The van der Waals surface area contributed by atoms with Crippen LogP contribution in [0, 0.1) is 41.4 Å². The van der Waals surface area contributed by atoms with E-state index >= 15 is 0 Å². The summed E-state index contributed by atoms with van der Waals surface area (Å²) in [6.45, 7) is 20.9. The lowest BCUT2D eigenvalue weighted by molar-refractivity contribution is 0.221. The highest BCUT2D eigenvalue weighted by atomic mass is 32.2. The molecule has 37 heavy (non-hydrogen) atoms. The van der Waals surface area contributed by atoms with Crippen LogP contribution in [0.1, 0.15) is 110 Å². The molecule has 1 saturated heterocycles. The zero-order chi connectivity index (χ0) is 26.3. The molecule has 12 atom stereocenters. The Morgan fingerprint density at radius 2 is 1.43 bits per heavy atom. The minimum Gasteiger partial charge on any atom is -0.155 e. The van der Waals surface area contributed by atoms with Crippen molar-refractivity contribution in [2.24, 2.45) is 41.4 Å². The fraction of sp³-hybridized carbons (Fsp3) is 0.829. The van der Waals surface area contributed by atoms with Crippen LogP contribution in [0.4, 0.5) is 0 Å². The normalized spacial score (nSPS) is 45.9. The van der Waals surface area contributed by atoms with Gasteiger partial charge in [0.1, 0.15) is 0 Å². The van der Waals surface area contributed by atoms with Crippen molar-refractivity contribution in [1.82, 2.24) is 0 Å². The number of hydrogen-bond acceptors (Lipinski definition) is 1. The van der Waals surface area contributed by atoms with E-state index in [2.05, 4.69) is 90.7 Å². The van der Waals surface area contributed by atoms with Crippen molar-refractivity contribution in [3.8, 4) is 0 Å². The van der Waals surface area contributed by atoms with Gasteiger partial charge in [0, 0.05) is 10.5 Å². The van der Waals surface area contributed by atoms with E-state index in [9.17, 15) is 0 Å². The Morgan fingerprint density at radius 1 is 0.757 bits per heavy atom. The van der Waals surface area contributed by atoms with Crippen molar-refractivity contribution >= 4 is 19.8 Å². The van der Waals surface area contributed by atoms with E-state index in [4.69, 9.17) is 0 Å². The molecular formula is C35H56SSi. The van der Waals surface area contributed by atoms with E-state index < -0.39 is 8.07 Å². The Kier molecular flexibility index (Phi) is 7.08. The molecule has 0 nitrogen and oxygen atoms in total. The average Bonchev–Trinajstić information content (AvgIpc) is 3.47. The monoisotopic (exact) mass is 536 g/mol. The molecule has 2 heteroatoms. The first-order valence-electron chi connectivity index (χ1n) is 16.3. The van der Waals surface area contributed by atoms with Gasteiger partial charge in [-0.25, -0.2) is 0 Å². The second kappa shape index (κ2) is 9.71. The van der Waals surface area contributed by atoms with Crippen LogP contribution in [0.3, 0.4) is 0 Å². The van der Waals surface area contributed by atoms with Crippen LogP contribution >= 0.6 is 11.8 Å². The minimum absolute atomic E-state index is 0.249. The highest BCUT2D eigenvalue weighted by Crippen LogP contribution is 2.69. The van der Waals surface area contributed by atoms with Gasteiger partial charge in [-0.05, 0) is 101 Å². The Bertz CT molecular complexity index is 958. The average molecular weight is 537 g/mol.